The van der Waals surface area contributed by atoms with Gasteiger partial charge in [-0.2, -0.15) is 0 Å². The summed E-state index contributed by atoms with van der Waals surface area (Å²) in [6.45, 7) is 3.08. The highest BCUT2D eigenvalue weighted by Gasteiger charge is 2.12. The van der Waals surface area contributed by atoms with Crippen LogP contribution in [0.1, 0.15) is 16.7 Å². The number of anilines is 1. The predicted molar refractivity (Wildman–Crippen MR) is 122 cm³/mol. The van der Waals surface area contributed by atoms with Gasteiger partial charge >= 0.3 is 0 Å². The molecule has 29 heavy (non-hydrogen) atoms. The van der Waals surface area contributed by atoms with Crippen LogP contribution in [0.25, 0.3) is 0 Å². The standard InChI is InChI=1S/C22H21IN2O4/c1-15-3-5-16(6-4-15)14-29-22-20(23)11-17(12-21(22)28-2)13-24-18-7-9-19(10-8-18)25(26)27/h3-12,24H,13-14H2,1-2H3. The van der Waals surface area contributed by atoms with Crippen LogP contribution >= 0.6 is 22.6 Å². The van der Waals surface area contributed by atoms with Gasteiger partial charge in [0.2, 0.25) is 0 Å². The highest BCUT2D eigenvalue weighted by Crippen LogP contribution is 2.35. The fourth-order valence-corrected chi connectivity index (χ4v) is 3.58. The fourth-order valence-electron chi connectivity index (χ4n) is 2.76. The largest absolute Gasteiger partial charge is 0.493 e. The van der Waals surface area contributed by atoms with Crippen LogP contribution in [-0.2, 0) is 13.2 Å². The number of aryl methyl sites for hydroxylation is 1. The average Bonchev–Trinajstić information content (AvgIpc) is 2.72. The lowest BCUT2D eigenvalue weighted by Gasteiger charge is -2.15. The molecule has 0 atom stereocenters. The summed E-state index contributed by atoms with van der Waals surface area (Å²) in [5.74, 6) is 1.39. The first-order chi connectivity index (χ1) is 14.0. The van der Waals surface area contributed by atoms with Crippen LogP contribution in [0.2, 0.25) is 0 Å². The van der Waals surface area contributed by atoms with Gasteiger partial charge in [0, 0.05) is 24.4 Å². The normalized spacial score (nSPS) is 10.4. The van der Waals surface area contributed by atoms with Gasteiger partial charge in [0.15, 0.2) is 11.5 Å². The summed E-state index contributed by atoms with van der Waals surface area (Å²) in [5, 5.41) is 14.0. The molecule has 0 radical (unpaired) electrons. The molecule has 0 fully saturated rings. The smallest absolute Gasteiger partial charge is 0.269 e. The van der Waals surface area contributed by atoms with Gasteiger partial charge in [-0.25, -0.2) is 0 Å². The number of benzene rings is 3. The summed E-state index contributed by atoms with van der Waals surface area (Å²) < 4.78 is 12.5. The minimum Gasteiger partial charge on any atom is -0.493 e. The van der Waals surface area contributed by atoms with Crippen molar-refractivity contribution in [2.45, 2.75) is 20.1 Å². The second-order valence-electron chi connectivity index (χ2n) is 6.54. The van der Waals surface area contributed by atoms with E-state index in [1.54, 1.807) is 19.2 Å². The summed E-state index contributed by atoms with van der Waals surface area (Å²) in [7, 11) is 1.62. The van der Waals surface area contributed by atoms with Gasteiger partial charge in [-0.3, -0.25) is 10.1 Å². The summed E-state index contributed by atoms with van der Waals surface area (Å²) >= 11 is 2.24. The molecule has 0 bridgehead atoms. The molecule has 150 valence electrons. The van der Waals surface area contributed by atoms with Crippen LogP contribution in [0, 0.1) is 20.6 Å². The lowest BCUT2D eigenvalue weighted by molar-refractivity contribution is -0.384. The van der Waals surface area contributed by atoms with Crippen LogP contribution in [0.4, 0.5) is 11.4 Å². The van der Waals surface area contributed by atoms with E-state index in [0.29, 0.717) is 24.7 Å². The second-order valence-corrected chi connectivity index (χ2v) is 7.70. The molecule has 0 aliphatic carbocycles. The van der Waals surface area contributed by atoms with E-state index in [-0.39, 0.29) is 5.69 Å². The maximum Gasteiger partial charge on any atom is 0.269 e. The van der Waals surface area contributed by atoms with E-state index in [2.05, 4.69) is 59.1 Å². The van der Waals surface area contributed by atoms with E-state index < -0.39 is 4.92 Å². The molecule has 3 aromatic carbocycles. The zero-order chi connectivity index (χ0) is 20.8. The molecule has 0 saturated carbocycles. The molecule has 0 spiro atoms. The number of methoxy groups -OCH3 is 1. The van der Waals surface area contributed by atoms with E-state index in [1.165, 1.54) is 17.7 Å². The summed E-state index contributed by atoms with van der Waals surface area (Å²) in [6, 6.07) is 18.6. The Labute approximate surface area is 183 Å². The quantitative estimate of drug-likeness (QED) is 0.242. The number of nitrogens with zero attached hydrogens (tertiary/aromatic N) is 1. The monoisotopic (exact) mass is 504 g/mol. The van der Waals surface area contributed by atoms with Crippen molar-refractivity contribution in [2.75, 3.05) is 12.4 Å². The van der Waals surface area contributed by atoms with Crippen molar-refractivity contribution in [1.82, 2.24) is 0 Å². The summed E-state index contributed by atoms with van der Waals surface area (Å²) in [5.41, 5.74) is 4.21. The number of halogens is 1. The molecule has 0 aliphatic heterocycles. The molecule has 6 nitrogen and oxygen atoms in total. The lowest BCUT2D eigenvalue weighted by atomic mass is 10.1. The van der Waals surface area contributed by atoms with Crippen molar-refractivity contribution >= 4 is 34.0 Å². The summed E-state index contributed by atoms with van der Waals surface area (Å²) in [6.07, 6.45) is 0. The van der Waals surface area contributed by atoms with E-state index in [0.717, 1.165) is 20.4 Å². The first-order valence-electron chi connectivity index (χ1n) is 8.99. The van der Waals surface area contributed by atoms with Gasteiger partial charge in [-0.15, -0.1) is 0 Å². The Morgan fingerprint density at radius 2 is 1.72 bits per heavy atom. The van der Waals surface area contributed by atoms with Crippen LogP contribution in [-0.4, -0.2) is 12.0 Å². The van der Waals surface area contributed by atoms with Gasteiger partial charge in [0.05, 0.1) is 15.6 Å². The zero-order valence-corrected chi connectivity index (χ0v) is 18.3. The molecule has 0 aromatic heterocycles. The van der Waals surface area contributed by atoms with Crippen molar-refractivity contribution in [3.05, 3.63) is 91.0 Å². The third-order valence-electron chi connectivity index (χ3n) is 4.37. The average molecular weight is 504 g/mol. The van der Waals surface area contributed by atoms with Crippen LogP contribution < -0.4 is 14.8 Å². The number of rotatable bonds is 8. The maximum absolute atomic E-state index is 10.7. The Kier molecular flexibility index (Phi) is 6.92. The minimum atomic E-state index is -0.410. The Morgan fingerprint density at radius 1 is 1.03 bits per heavy atom. The van der Waals surface area contributed by atoms with Crippen molar-refractivity contribution in [3.63, 3.8) is 0 Å². The van der Waals surface area contributed by atoms with Gasteiger partial charge in [-0.1, -0.05) is 29.8 Å². The maximum atomic E-state index is 10.7. The first-order valence-corrected chi connectivity index (χ1v) is 10.1. The minimum absolute atomic E-state index is 0.0712. The Morgan fingerprint density at radius 3 is 2.34 bits per heavy atom. The Hall–Kier alpha value is -2.81. The van der Waals surface area contributed by atoms with Crippen LogP contribution in [0.5, 0.6) is 11.5 Å². The van der Waals surface area contributed by atoms with E-state index in [4.69, 9.17) is 9.47 Å². The van der Waals surface area contributed by atoms with Gasteiger partial charge in [-0.05, 0) is 64.9 Å². The van der Waals surface area contributed by atoms with Gasteiger partial charge in [0.1, 0.15) is 6.61 Å². The van der Waals surface area contributed by atoms with Crippen LogP contribution in [0.3, 0.4) is 0 Å². The number of non-ortho nitro benzene ring substituents is 1. The number of nitro benzene ring substituents is 1. The van der Waals surface area contributed by atoms with E-state index in [9.17, 15) is 10.1 Å². The van der Waals surface area contributed by atoms with E-state index in [1.807, 2.05) is 12.1 Å². The Bertz CT molecular complexity index is 989. The molecule has 0 aliphatic rings. The molecule has 0 unspecified atom stereocenters. The number of ether oxygens (including phenoxy) is 2. The topological polar surface area (TPSA) is 73.6 Å². The molecule has 0 heterocycles. The predicted octanol–water partition coefficient (Wildman–Crippen LogP) is 5.71. The molecule has 0 amide bonds. The van der Waals surface area contributed by atoms with Crippen molar-refractivity contribution in [3.8, 4) is 11.5 Å². The molecule has 1 N–H and O–H groups in total. The molecule has 7 heteroatoms. The molecular formula is C22H21IN2O4. The summed E-state index contributed by atoms with van der Waals surface area (Å²) in [4.78, 5) is 10.3. The number of hydrogen-bond acceptors (Lipinski definition) is 5. The third kappa shape index (κ3) is 5.60. The number of nitrogens with one attached hydrogen (secondary N) is 1. The highest BCUT2D eigenvalue weighted by molar-refractivity contribution is 14.1. The third-order valence-corrected chi connectivity index (χ3v) is 5.17. The lowest BCUT2D eigenvalue weighted by Crippen LogP contribution is -2.04. The van der Waals surface area contributed by atoms with Gasteiger partial charge < -0.3 is 14.8 Å². The Balaban J connectivity index is 1.68. The second kappa shape index (κ2) is 9.60. The molecular weight excluding hydrogens is 483 g/mol. The van der Waals surface area contributed by atoms with Crippen molar-refractivity contribution in [2.24, 2.45) is 0 Å². The first kappa shape index (κ1) is 20.9. The van der Waals surface area contributed by atoms with Crippen molar-refractivity contribution in [1.29, 1.82) is 0 Å². The van der Waals surface area contributed by atoms with Crippen molar-refractivity contribution < 1.29 is 14.4 Å². The van der Waals surface area contributed by atoms with E-state index >= 15 is 0 Å². The number of hydrogen-bond donors (Lipinski definition) is 1. The SMILES string of the molecule is COc1cc(CNc2ccc([N+](=O)[O-])cc2)cc(I)c1OCc1ccc(C)cc1. The molecule has 0 saturated heterocycles. The van der Waals surface area contributed by atoms with Gasteiger partial charge in [0.25, 0.3) is 5.69 Å². The van der Waals surface area contributed by atoms with Crippen LogP contribution in [0.15, 0.2) is 60.7 Å². The molecule has 3 rings (SSSR count). The zero-order valence-electron chi connectivity index (χ0n) is 16.1. The number of nitro groups is 1. The highest BCUT2D eigenvalue weighted by atomic mass is 127. The molecule has 3 aromatic rings. The fraction of sp³-hybridized carbons (Fsp3) is 0.182.